The minimum absolute atomic E-state index is 0.0825. The third kappa shape index (κ3) is 4.34. The van der Waals surface area contributed by atoms with Gasteiger partial charge in [-0.05, 0) is 66.2 Å². The van der Waals surface area contributed by atoms with E-state index in [1.54, 1.807) is 0 Å². The van der Waals surface area contributed by atoms with Gasteiger partial charge < -0.3 is 15.0 Å². The first kappa shape index (κ1) is 15.6. The lowest BCUT2D eigenvalue weighted by Crippen LogP contribution is -2.44. The van der Waals surface area contributed by atoms with Crippen LogP contribution < -0.4 is 10.1 Å². The summed E-state index contributed by atoms with van der Waals surface area (Å²) in [4.78, 5) is 14.3. The number of amides is 1. The number of benzene rings is 1. The van der Waals surface area contributed by atoms with E-state index in [9.17, 15) is 4.79 Å². The number of rotatable bonds is 6. The molecule has 1 unspecified atom stereocenters. The maximum absolute atomic E-state index is 12.3. The molecule has 4 nitrogen and oxygen atoms in total. The molecule has 1 aliphatic rings. The molecule has 5 heteroatoms. The molecular weight excluding hydrogens is 367 g/mol. The summed E-state index contributed by atoms with van der Waals surface area (Å²) in [6.45, 7) is 4.92. The van der Waals surface area contributed by atoms with Gasteiger partial charge in [0, 0.05) is 22.7 Å². The van der Waals surface area contributed by atoms with Gasteiger partial charge in [-0.3, -0.25) is 4.79 Å². The number of nitrogens with one attached hydrogen (secondary N) is 1. The molecule has 1 aromatic rings. The molecule has 1 aromatic carbocycles. The van der Waals surface area contributed by atoms with Gasteiger partial charge in [0.25, 0.3) is 5.91 Å². The van der Waals surface area contributed by atoms with E-state index >= 15 is 0 Å². The van der Waals surface area contributed by atoms with Crippen molar-refractivity contribution in [1.29, 1.82) is 0 Å². The van der Waals surface area contributed by atoms with Crippen LogP contribution in [0.1, 0.15) is 19.8 Å². The largest absolute Gasteiger partial charge is 0.484 e. The van der Waals surface area contributed by atoms with Crippen molar-refractivity contribution >= 4 is 28.5 Å². The second kappa shape index (κ2) is 7.83. The van der Waals surface area contributed by atoms with Gasteiger partial charge in [-0.25, -0.2) is 0 Å². The van der Waals surface area contributed by atoms with Crippen molar-refractivity contribution in [2.45, 2.75) is 25.8 Å². The monoisotopic (exact) mass is 388 g/mol. The highest BCUT2D eigenvalue weighted by Crippen LogP contribution is 2.14. The summed E-state index contributed by atoms with van der Waals surface area (Å²) in [6.07, 6.45) is 2.01. The van der Waals surface area contributed by atoms with Crippen molar-refractivity contribution in [3.8, 4) is 5.75 Å². The van der Waals surface area contributed by atoms with E-state index in [2.05, 4.69) is 34.8 Å². The van der Waals surface area contributed by atoms with Crippen LogP contribution in [0.25, 0.3) is 0 Å². The summed E-state index contributed by atoms with van der Waals surface area (Å²) >= 11 is 2.25. The highest BCUT2D eigenvalue weighted by Gasteiger charge is 2.25. The van der Waals surface area contributed by atoms with Gasteiger partial charge in [-0.15, -0.1) is 0 Å². The van der Waals surface area contributed by atoms with Gasteiger partial charge in [0.1, 0.15) is 5.75 Å². The molecule has 20 heavy (non-hydrogen) atoms. The Kier molecular flexibility index (Phi) is 6.09. The summed E-state index contributed by atoms with van der Waals surface area (Å²) in [6, 6.07) is 8.07. The molecular formula is C15H21IN2O2. The molecule has 110 valence electrons. The zero-order valence-corrected chi connectivity index (χ0v) is 13.9. The molecule has 0 bridgehead atoms. The Bertz CT molecular complexity index is 430. The van der Waals surface area contributed by atoms with Crippen molar-refractivity contribution < 1.29 is 9.53 Å². The highest BCUT2D eigenvalue weighted by atomic mass is 127. The van der Waals surface area contributed by atoms with Crippen LogP contribution in [0.5, 0.6) is 5.75 Å². The Labute approximate surface area is 134 Å². The predicted octanol–water partition coefficient (Wildman–Crippen LogP) is 2.27. The van der Waals surface area contributed by atoms with E-state index in [0.717, 1.165) is 41.8 Å². The minimum atomic E-state index is 0.0825. The molecule has 0 radical (unpaired) electrons. The van der Waals surface area contributed by atoms with E-state index in [-0.39, 0.29) is 12.5 Å². The zero-order valence-electron chi connectivity index (χ0n) is 11.8. The van der Waals surface area contributed by atoms with Crippen LogP contribution in [0.4, 0.5) is 0 Å². The van der Waals surface area contributed by atoms with E-state index < -0.39 is 0 Å². The molecule has 1 aliphatic heterocycles. The van der Waals surface area contributed by atoms with Gasteiger partial charge >= 0.3 is 0 Å². The second-order valence-electron chi connectivity index (χ2n) is 4.98. The fraction of sp³-hybridized carbons (Fsp3) is 0.533. The van der Waals surface area contributed by atoms with Crippen LogP contribution in [0.15, 0.2) is 24.3 Å². The molecule has 1 atom stereocenters. The Morgan fingerprint density at radius 3 is 2.80 bits per heavy atom. The van der Waals surface area contributed by atoms with Crippen molar-refractivity contribution in [2.75, 3.05) is 26.2 Å². The average Bonchev–Trinajstić information content (AvgIpc) is 2.97. The molecule has 0 saturated carbocycles. The van der Waals surface area contributed by atoms with Gasteiger partial charge in [0.05, 0.1) is 0 Å². The van der Waals surface area contributed by atoms with Crippen LogP contribution in [0, 0.1) is 3.57 Å². The zero-order chi connectivity index (χ0) is 14.4. The lowest BCUT2D eigenvalue weighted by molar-refractivity contribution is -0.135. The Hall–Kier alpha value is -0.820. The van der Waals surface area contributed by atoms with Crippen LogP contribution in [0.3, 0.4) is 0 Å². The van der Waals surface area contributed by atoms with Gasteiger partial charge in [0.15, 0.2) is 6.61 Å². The first-order chi connectivity index (χ1) is 9.70. The molecule has 2 rings (SSSR count). The van der Waals surface area contributed by atoms with E-state index in [4.69, 9.17) is 4.74 Å². The highest BCUT2D eigenvalue weighted by molar-refractivity contribution is 14.1. The van der Waals surface area contributed by atoms with E-state index in [1.807, 2.05) is 29.2 Å². The van der Waals surface area contributed by atoms with Crippen molar-refractivity contribution in [3.63, 3.8) is 0 Å². The molecule has 0 aliphatic carbocycles. The van der Waals surface area contributed by atoms with Gasteiger partial charge in [0.2, 0.25) is 0 Å². The van der Waals surface area contributed by atoms with Gasteiger partial charge in [-0.1, -0.05) is 6.92 Å². The third-order valence-corrected chi connectivity index (χ3v) is 4.16. The maximum atomic E-state index is 12.3. The third-order valence-electron chi connectivity index (χ3n) is 3.44. The van der Waals surface area contributed by atoms with Crippen LogP contribution in [-0.4, -0.2) is 43.1 Å². The molecule has 1 saturated heterocycles. The van der Waals surface area contributed by atoms with Crippen LogP contribution >= 0.6 is 22.6 Å². The normalized spacial score (nSPS) is 18.0. The first-order valence-electron chi connectivity index (χ1n) is 7.09. The first-order valence-corrected chi connectivity index (χ1v) is 8.17. The lowest BCUT2D eigenvalue weighted by Gasteiger charge is -2.28. The molecule has 0 aromatic heterocycles. The summed E-state index contributed by atoms with van der Waals surface area (Å²) < 4.78 is 6.75. The number of hydrogen-bond donors (Lipinski definition) is 1. The molecule has 1 N–H and O–H groups in total. The second-order valence-corrected chi connectivity index (χ2v) is 6.22. The number of carbonyl (C=O) groups excluding carboxylic acids is 1. The maximum Gasteiger partial charge on any atom is 0.260 e. The molecule has 1 heterocycles. The smallest absolute Gasteiger partial charge is 0.260 e. The summed E-state index contributed by atoms with van der Waals surface area (Å²) in [5.41, 5.74) is 0. The number of ether oxygens (including phenoxy) is 1. The Morgan fingerprint density at radius 1 is 1.45 bits per heavy atom. The van der Waals surface area contributed by atoms with E-state index in [1.165, 1.54) is 0 Å². The van der Waals surface area contributed by atoms with Crippen molar-refractivity contribution in [3.05, 3.63) is 27.8 Å². The fourth-order valence-electron chi connectivity index (χ4n) is 2.42. The lowest BCUT2D eigenvalue weighted by atomic mass is 10.2. The minimum Gasteiger partial charge on any atom is -0.484 e. The topological polar surface area (TPSA) is 41.6 Å². The summed E-state index contributed by atoms with van der Waals surface area (Å²) in [5, 5.41) is 3.31. The van der Waals surface area contributed by atoms with Crippen molar-refractivity contribution in [1.82, 2.24) is 10.2 Å². The van der Waals surface area contributed by atoms with Gasteiger partial charge in [-0.2, -0.15) is 0 Å². The Morgan fingerprint density at radius 2 is 2.20 bits per heavy atom. The van der Waals surface area contributed by atoms with Crippen LogP contribution in [-0.2, 0) is 4.79 Å². The van der Waals surface area contributed by atoms with Crippen LogP contribution in [0.2, 0.25) is 0 Å². The molecule has 1 amide bonds. The number of halogens is 1. The van der Waals surface area contributed by atoms with E-state index in [0.29, 0.717) is 6.04 Å². The number of carbonyl (C=O) groups is 1. The number of nitrogens with zero attached hydrogens (tertiary/aromatic N) is 1. The predicted molar refractivity (Wildman–Crippen MR) is 87.9 cm³/mol. The quantitative estimate of drug-likeness (QED) is 0.761. The fourth-order valence-corrected chi connectivity index (χ4v) is 2.78. The molecule has 0 spiro atoms. The summed E-state index contributed by atoms with van der Waals surface area (Å²) in [7, 11) is 0. The van der Waals surface area contributed by atoms with Crippen molar-refractivity contribution in [2.24, 2.45) is 0 Å². The number of hydrogen-bond acceptors (Lipinski definition) is 3. The average molecular weight is 388 g/mol. The Balaban J connectivity index is 1.89. The summed E-state index contributed by atoms with van der Waals surface area (Å²) in [5.74, 6) is 0.832. The standard InChI is InChI=1S/C15H21IN2O2/c1-2-9-18(13-7-8-17-10-13)15(19)11-20-14-5-3-12(16)4-6-14/h3-6,13,17H,2,7-11H2,1H3. The SMILES string of the molecule is CCCN(C(=O)COc1ccc(I)cc1)C1CCNC1. The molecule has 1 fully saturated rings.